The molecule has 1 aliphatic heterocycles. The number of likely N-dealkylation sites (tertiary alicyclic amines) is 1. The Morgan fingerprint density at radius 2 is 1.77 bits per heavy atom. The second-order valence-corrected chi connectivity index (χ2v) is 8.69. The molecule has 3 fully saturated rings. The van der Waals surface area contributed by atoms with Gasteiger partial charge in [0.25, 0.3) is 0 Å². The van der Waals surface area contributed by atoms with Crippen LogP contribution in [-0.2, 0) is 9.59 Å². The first-order chi connectivity index (χ1) is 12.5. The van der Waals surface area contributed by atoms with E-state index in [0.717, 1.165) is 57.7 Å². The zero-order chi connectivity index (χ0) is 18.6. The van der Waals surface area contributed by atoms with E-state index in [4.69, 9.17) is 5.73 Å². The van der Waals surface area contributed by atoms with Gasteiger partial charge in [-0.05, 0) is 50.9 Å². The zero-order valence-corrected chi connectivity index (χ0v) is 15.8. The van der Waals surface area contributed by atoms with Crippen LogP contribution in [0.5, 0.6) is 0 Å². The highest BCUT2D eigenvalue weighted by molar-refractivity contribution is 5.83. The van der Waals surface area contributed by atoms with E-state index in [9.17, 15) is 14.9 Å². The Morgan fingerprint density at radius 3 is 2.31 bits per heavy atom. The summed E-state index contributed by atoms with van der Waals surface area (Å²) in [6.07, 6.45) is 9.53. The van der Waals surface area contributed by atoms with Crippen molar-refractivity contribution in [3.63, 3.8) is 0 Å². The number of rotatable bonds is 7. The number of piperidine rings is 1. The van der Waals surface area contributed by atoms with Crippen LogP contribution in [0.15, 0.2) is 0 Å². The second kappa shape index (κ2) is 7.96. The van der Waals surface area contributed by atoms with Crippen LogP contribution in [0.3, 0.4) is 0 Å². The Hall–Kier alpha value is -1.61. The van der Waals surface area contributed by atoms with Gasteiger partial charge < -0.3 is 16.0 Å². The van der Waals surface area contributed by atoms with Gasteiger partial charge in [0.05, 0.1) is 6.07 Å². The van der Waals surface area contributed by atoms with E-state index in [1.54, 1.807) is 0 Å². The van der Waals surface area contributed by atoms with Crippen LogP contribution in [0.4, 0.5) is 0 Å². The number of amides is 2. The van der Waals surface area contributed by atoms with E-state index in [1.807, 2.05) is 0 Å². The lowest BCUT2D eigenvalue weighted by Crippen LogP contribution is -2.54. The summed E-state index contributed by atoms with van der Waals surface area (Å²) in [5, 5.41) is 12.7. The van der Waals surface area contributed by atoms with Crippen molar-refractivity contribution in [3.05, 3.63) is 0 Å². The average molecular weight is 361 g/mol. The summed E-state index contributed by atoms with van der Waals surface area (Å²) in [6, 6.07) is 2.36. The van der Waals surface area contributed by atoms with Gasteiger partial charge in [0.15, 0.2) is 0 Å². The first-order valence-corrected chi connectivity index (χ1v) is 10.2. The molecule has 0 aromatic heterocycles. The van der Waals surface area contributed by atoms with Crippen LogP contribution in [0.25, 0.3) is 0 Å². The predicted molar refractivity (Wildman–Crippen MR) is 98.8 cm³/mol. The highest BCUT2D eigenvalue weighted by atomic mass is 16.2. The molecule has 3 rings (SSSR count). The van der Waals surface area contributed by atoms with E-state index in [-0.39, 0.29) is 18.2 Å². The number of primary amides is 1. The molecule has 0 aromatic rings. The van der Waals surface area contributed by atoms with Crippen LogP contribution in [-0.4, -0.2) is 41.9 Å². The standard InChI is InChI=1S/C20H32N4O2/c21-15-20(10-12-24(13-11-20)14-16-4-5-16)23-17(25)6-9-19(18(22)26)7-2-1-3-8-19/h16H,1-14H2,(H2,22,26)(H,23,25). The number of hydrogen-bond acceptors (Lipinski definition) is 4. The van der Waals surface area contributed by atoms with Gasteiger partial charge in [-0.1, -0.05) is 19.3 Å². The third kappa shape index (κ3) is 4.56. The third-order valence-electron chi connectivity index (χ3n) is 6.68. The van der Waals surface area contributed by atoms with Gasteiger partial charge in [0, 0.05) is 31.5 Å². The fourth-order valence-corrected chi connectivity index (χ4v) is 4.58. The van der Waals surface area contributed by atoms with Gasteiger partial charge in [0.2, 0.25) is 11.8 Å². The largest absolute Gasteiger partial charge is 0.369 e. The van der Waals surface area contributed by atoms with Crippen LogP contribution in [0, 0.1) is 22.7 Å². The SMILES string of the molecule is N#CC1(NC(=O)CCC2(C(N)=O)CCCCC2)CCN(CC2CC2)CC1. The average Bonchev–Trinajstić information content (AvgIpc) is 3.46. The predicted octanol–water partition coefficient (Wildman–Crippen LogP) is 2.09. The molecular weight excluding hydrogens is 328 g/mol. The Bertz CT molecular complexity index is 565. The molecule has 2 saturated carbocycles. The van der Waals surface area contributed by atoms with Crippen LogP contribution >= 0.6 is 0 Å². The highest BCUT2D eigenvalue weighted by Crippen LogP contribution is 2.40. The second-order valence-electron chi connectivity index (χ2n) is 8.69. The van der Waals surface area contributed by atoms with Crippen molar-refractivity contribution < 1.29 is 9.59 Å². The molecular formula is C20H32N4O2. The van der Waals surface area contributed by atoms with E-state index in [0.29, 0.717) is 19.3 Å². The number of nitriles is 1. The topological polar surface area (TPSA) is 99.2 Å². The number of carbonyl (C=O) groups excluding carboxylic acids is 2. The fourth-order valence-electron chi connectivity index (χ4n) is 4.58. The molecule has 0 unspecified atom stereocenters. The Kier molecular flexibility index (Phi) is 5.86. The fraction of sp³-hybridized carbons (Fsp3) is 0.850. The summed E-state index contributed by atoms with van der Waals surface area (Å²) in [7, 11) is 0. The number of nitrogens with one attached hydrogen (secondary N) is 1. The normalized spacial score (nSPS) is 25.2. The summed E-state index contributed by atoms with van der Waals surface area (Å²) in [5.41, 5.74) is 4.39. The van der Waals surface area contributed by atoms with E-state index >= 15 is 0 Å². The molecule has 0 bridgehead atoms. The molecule has 2 aliphatic carbocycles. The molecule has 0 atom stereocenters. The number of nitrogens with two attached hydrogens (primary N) is 1. The molecule has 0 radical (unpaired) electrons. The van der Waals surface area contributed by atoms with Crippen molar-refractivity contribution in [2.24, 2.45) is 17.1 Å². The van der Waals surface area contributed by atoms with Gasteiger partial charge in [-0.25, -0.2) is 0 Å². The maximum absolute atomic E-state index is 12.5. The number of carbonyl (C=O) groups is 2. The van der Waals surface area contributed by atoms with Gasteiger partial charge in [0.1, 0.15) is 5.54 Å². The number of nitrogens with zero attached hydrogens (tertiary/aromatic N) is 2. The lowest BCUT2D eigenvalue weighted by molar-refractivity contribution is -0.131. The van der Waals surface area contributed by atoms with Gasteiger partial charge >= 0.3 is 0 Å². The van der Waals surface area contributed by atoms with Gasteiger partial charge in [-0.3, -0.25) is 9.59 Å². The lowest BCUT2D eigenvalue weighted by Gasteiger charge is -2.38. The maximum atomic E-state index is 12.5. The van der Waals surface area contributed by atoms with Crippen molar-refractivity contribution in [1.29, 1.82) is 5.26 Å². The van der Waals surface area contributed by atoms with E-state index in [1.165, 1.54) is 12.8 Å². The van der Waals surface area contributed by atoms with Crippen molar-refractivity contribution >= 4 is 11.8 Å². The molecule has 1 heterocycles. The Labute approximate surface area is 156 Å². The molecule has 0 spiro atoms. The van der Waals surface area contributed by atoms with Crippen LogP contribution in [0.2, 0.25) is 0 Å². The molecule has 2 amide bonds. The molecule has 3 N–H and O–H groups in total. The van der Waals surface area contributed by atoms with Gasteiger partial charge in [-0.2, -0.15) is 5.26 Å². The summed E-state index contributed by atoms with van der Waals surface area (Å²) in [6.45, 7) is 2.88. The summed E-state index contributed by atoms with van der Waals surface area (Å²) >= 11 is 0. The molecule has 0 aromatic carbocycles. The van der Waals surface area contributed by atoms with E-state index in [2.05, 4.69) is 16.3 Å². The Balaban J connectivity index is 1.49. The van der Waals surface area contributed by atoms with Crippen molar-refractivity contribution in [3.8, 4) is 6.07 Å². The van der Waals surface area contributed by atoms with Crippen LogP contribution in [0.1, 0.15) is 70.6 Å². The number of hydrogen-bond donors (Lipinski definition) is 2. The molecule has 1 saturated heterocycles. The summed E-state index contributed by atoms with van der Waals surface area (Å²) < 4.78 is 0. The van der Waals surface area contributed by atoms with Crippen molar-refractivity contribution in [2.75, 3.05) is 19.6 Å². The first kappa shape index (κ1) is 19.2. The minimum Gasteiger partial charge on any atom is -0.369 e. The summed E-state index contributed by atoms with van der Waals surface area (Å²) in [5.74, 6) is 0.460. The quantitative estimate of drug-likeness (QED) is 0.726. The summed E-state index contributed by atoms with van der Waals surface area (Å²) in [4.78, 5) is 26.9. The lowest BCUT2D eigenvalue weighted by atomic mass is 9.70. The zero-order valence-electron chi connectivity index (χ0n) is 15.8. The molecule has 144 valence electrons. The monoisotopic (exact) mass is 360 g/mol. The smallest absolute Gasteiger partial charge is 0.223 e. The van der Waals surface area contributed by atoms with Crippen molar-refractivity contribution in [1.82, 2.24) is 10.2 Å². The maximum Gasteiger partial charge on any atom is 0.223 e. The minimum absolute atomic E-state index is 0.117. The third-order valence-corrected chi connectivity index (χ3v) is 6.68. The molecule has 6 nitrogen and oxygen atoms in total. The van der Waals surface area contributed by atoms with Crippen molar-refractivity contribution in [2.45, 2.75) is 76.2 Å². The van der Waals surface area contributed by atoms with Crippen LogP contribution < -0.4 is 11.1 Å². The van der Waals surface area contributed by atoms with Gasteiger partial charge in [-0.15, -0.1) is 0 Å². The molecule has 26 heavy (non-hydrogen) atoms. The first-order valence-electron chi connectivity index (χ1n) is 10.2. The Morgan fingerprint density at radius 1 is 1.12 bits per heavy atom. The highest BCUT2D eigenvalue weighted by Gasteiger charge is 2.40. The molecule has 3 aliphatic rings. The minimum atomic E-state index is -0.746. The van der Waals surface area contributed by atoms with E-state index < -0.39 is 11.0 Å². The molecule has 6 heteroatoms.